The second-order valence-corrected chi connectivity index (χ2v) is 3.63. The summed E-state index contributed by atoms with van der Waals surface area (Å²) in [4.78, 5) is 0. The first-order chi connectivity index (χ1) is 6.36. The van der Waals surface area contributed by atoms with Gasteiger partial charge in [0.15, 0.2) is 0 Å². The SMILES string of the molecule is Nc1cc(Cl)c(C(F)(F)F)cc1CBr. The van der Waals surface area contributed by atoms with Gasteiger partial charge in [-0.25, -0.2) is 0 Å². The van der Waals surface area contributed by atoms with Crippen molar-refractivity contribution in [3.8, 4) is 0 Å². The summed E-state index contributed by atoms with van der Waals surface area (Å²) in [6.07, 6.45) is -4.44. The van der Waals surface area contributed by atoms with Gasteiger partial charge in [0.2, 0.25) is 0 Å². The lowest BCUT2D eigenvalue weighted by Crippen LogP contribution is -2.07. The van der Waals surface area contributed by atoms with E-state index in [1.807, 2.05) is 0 Å². The molecule has 1 aromatic carbocycles. The van der Waals surface area contributed by atoms with Crippen molar-refractivity contribution < 1.29 is 13.2 Å². The lowest BCUT2D eigenvalue weighted by atomic mass is 10.1. The maximum atomic E-state index is 12.4. The van der Waals surface area contributed by atoms with Crippen molar-refractivity contribution in [2.45, 2.75) is 11.5 Å². The minimum absolute atomic E-state index is 0.250. The molecule has 2 N–H and O–H groups in total. The van der Waals surface area contributed by atoms with Crippen LogP contribution in [0.2, 0.25) is 5.02 Å². The van der Waals surface area contributed by atoms with Gasteiger partial charge in [-0.15, -0.1) is 0 Å². The van der Waals surface area contributed by atoms with Crippen molar-refractivity contribution >= 4 is 33.2 Å². The van der Waals surface area contributed by atoms with Gasteiger partial charge in [0.25, 0.3) is 0 Å². The molecule has 6 heteroatoms. The molecule has 1 aromatic rings. The van der Waals surface area contributed by atoms with Crippen LogP contribution in [-0.4, -0.2) is 0 Å². The van der Waals surface area contributed by atoms with E-state index < -0.39 is 11.7 Å². The van der Waals surface area contributed by atoms with Crippen LogP contribution in [0.1, 0.15) is 11.1 Å². The average molecular weight is 288 g/mol. The van der Waals surface area contributed by atoms with Crippen LogP contribution in [0.4, 0.5) is 18.9 Å². The van der Waals surface area contributed by atoms with E-state index in [-0.39, 0.29) is 16.0 Å². The normalized spacial score (nSPS) is 11.8. The molecule has 0 saturated heterocycles. The van der Waals surface area contributed by atoms with Crippen LogP contribution in [0.25, 0.3) is 0 Å². The van der Waals surface area contributed by atoms with Crippen LogP contribution in [-0.2, 0) is 11.5 Å². The van der Waals surface area contributed by atoms with E-state index in [1.54, 1.807) is 0 Å². The largest absolute Gasteiger partial charge is 0.417 e. The predicted octanol–water partition coefficient (Wildman–Crippen LogP) is 3.84. The Morgan fingerprint density at radius 2 is 1.93 bits per heavy atom. The van der Waals surface area contributed by atoms with E-state index in [2.05, 4.69) is 15.9 Å². The van der Waals surface area contributed by atoms with E-state index in [0.717, 1.165) is 12.1 Å². The Morgan fingerprint density at radius 3 is 2.36 bits per heavy atom. The fourth-order valence-electron chi connectivity index (χ4n) is 0.966. The van der Waals surface area contributed by atoms with E-state index in [4.69, 9.17) is 17.3 Å². The molecule has 1 rings (SSSR count). The van der Waals surface area contributed by atoms with Gasteiger partial charge in [-0.3, -0.25) is 0 Å². The minimum Gasteiger partial charge on any atom is -0.398 e. The number of alkyl halides is 4. The Kier molecular flexibility index (Phi) is 3.32. The lowest BCUT2D eigenvalue weighted by Gasteiger charge is -2.11. The van der Waals surface area contributed by atoms with Gasteiger partial charge < -0.3 is 5.73 Å². The van der Waals surface area contributed by atoms with Gasteiger partial charge >= 0.3 is 6.18 Å². The molecule has 0 bridgehead atoms. The summed E-state index contributed by atoms with van der Waals surface area (Å²) in [6.45, 7) is 0. The maximum Gasteiger partial charge on any atom is 0.417 e. The summed E-state index contributed by atoms with van der Waals surface area (Å²) < 4.78 is 37.1. The molecular formula is C8H6BrClF3N. The molecule has 0 aliphatic heterocycles. The number of nitrogen functional groups attached to an aromatic ring is 1. The third-order valence-corrected chi connectivity index (χ3v) is 2.60. The van der Waals surface area contributed by atoms with Crippen LogP contribution in [0, 0.1) is 0 Å². The molecule has 0 aliphatic carbocycles. The quantitative estimate of drug-likeness (QED) is 0.617. The van der Waals surface area contributed by atoms with Gasteiger partial charge in [-0.05, 0) is 17.7 Å². The number of halogens is 5. The topological polar surface area (TPSA) is 26.0 Å². The van der Waals surface area contributed by atoms with Crippen LogP contribution >= 0.6 is 27.5 Å². The highest BCUT2D eigenvalue weighted by Gasteiger charge is 2.33. The van der Waals surface area contributed by atoms with Gasteiger partial charge in [0.1, 0.15) is 0 Å². The highest BCUT2D eigenvalue weighted by Crippen LogP contribution is 2.37. The van der Waals surface area contributed by atoms with E-state index >= 15 is 0 Å². The fraction of sp³-hybridized carbons (Fsp3) is 0.250. The summed E-state index contributed by atoms with van der Waals surface area (Å²) in [5.41, 5.74) is 5.23. The summed E-state index contributed by atoms with van der Waals surface area (Å²) >= 11 is 8.47. The van der Waals surface area contributed by atoms with Crippen molar-refractivity contribution in [1.29, 1.82) is 0 Å². The number of nitrogens with two attached hydrogens (primary N) is 1. The number of anilines is 1. The third-order valence-electron chi connectivity index (χ3n) is 1.68. The predicted molar refractivity (Wildman–Crippen MR) is 53.5 cm³/mol. The first-order valence-electron chi connectivity index (χ1n) is 3.57. The molecule has 0 radical (unpaired) electrons. The highest BCUT2D eigenvalue weighted by molar-refractivity contribution is 9.08. The van der Waals surface area contributed by atoms with Gasteiger partial charge in [0.05, 0.1) is 10.6 Å². The molecule has 0 saturated carbocycles. The summed E-state index contributed by atoms with van der Waals surface area (Å²) in [6, 6.07) is 2.06. The zero-order valence-corrected chi connectivity index (χ0v) is 9.17. The number of hydrogen-bond donors (Lipinski definition) is 1. The Bertz CT molecular complexity index is 351. The van der Waals surface area contributed by atoms with Gasteiger partial charge in [-0.2, -0.15) is 13.2 Å². The lowest BCUT2D eigenvalue weighted by molar-refractivity contribution is -0.137. The summed E-state index contributed by atoms with van der Waals surface area (Å²) in [5.74, 6) is 0. The van der Waals surface area contributed by atoms with Crippen LogP contribution in [0.5, 0.6) is 0 Å². The van der Waals surface area contributed by atoms with Crippen molar-refractivity contribution in [2.24, 2.45) is 0 Å². The average Bonchev–Trinajstić information content (AvgIpc) is 2.02. The molecule has 0 spiro atoms. The highest BCUT2D eigenvalue weighted by atomic mass is 79.9. The first-order valence-corrected chi connectivity index (χ1v) is 5.07. The Labute approximate surface area is 92.2 Å². The molecule has 0 atom stereocenters. The van der Waals surface area contributed by atoms with E-state index in [1.165, 1.54) is 0 Å². The minimum atomic E-state index is -4.44. The Hall–Kier alpha value is -0.420. The van der Waals surface area contributed by atoms with Crippen molar-refractivity contribution in [3.05, 3.63) is 28.3 Å². The van der Waals surface area contributed by atoms with Crippen molar-refractivity contribution in [1.82, 2.24) is 0 Å². The molecule has 0 aliphatic rings. The molecule has 0 heterocycles. The molecule has 0 amide bonds. The zero-order valence-electron chi connectivity index (χ0n) is 6.83. The van der Waals surface area contributed by atoms with E-state index in [0.29, 0.717) is 5.56 Å². The second kappa shape index (κ2) is 3.98. The van der Waals surface area contributed by atoms with Crippen molar-refractivity contribution in [3.63, 3.8) is 0 Å². The van der Waals surface area contributed by atoms with Crippen LogP contribution in [0.15, 0.2) is 12.1 Å². The summed E-state index contributed by atoms with van der Waals surface area (Å²) in [7, 11) is 0. The number of benzene rings is 1. The molecule has 14 heavy (non-hydrogen) atoms. The molecule has 0 aromatic heterocycles. The standard InChI is InChI=1S/C8H6BrClF3N/c9-3-4-1-5(8(11,12)13)6(10)2-7(4)14/h1-2H,3,14H2. The fourth-order valence-corrected chi connectivity index (χ4v) is 1.73. The number of hydrogen-bond acceptors (Lipinski definition) is 1. The second-order valence-electron chi connectivity index (χ2n) is 2.66. The van der Waals surface area contributed by atoms with Gasteiger partial charge in [-0.1, -0.05) is 27.5 Å². The molecule has 0 unspecified atom stereocenters. The first kappa shape index (κ1) is 11.7. The monoisotopic (exact) mass is 287 g/mol. The maximum absolute atomic E-state index is 12.4. The van der Waals surface area contributed by atoms with Crippen LogP contribution in [0.3, 0.4) is 0 Å². The van der Waals surface area contributed by atoms with Gasteiger partial charge in [0, 0.05) is 11.0 Å². The molecule has 0 fully saturated rings. The number of rotatable bonds is 1. The molecule has 1 nitrogen and oxygen atoms in total. The van der Waals surface area contributed by atoms with Crippen LogP contribution < -0.4 is 5.73 Å². The molecule has 78 valence electrons. The smallest absolute Gasteiger partial charge is 0.398 e. The summed E-state index contributed by atoms with van der Waals surface area (Å²) in [5, 5.41) is -0.112. The molecular weight excluding hydrogens is 282 g/mol. The Morgan fingerprint density at radius 1 is 1.36 bits per heavy atom. The zero-order chi connectivity index (χ0) is 10.9. The van der Waals surface area contributed by atoms with E-state index in [9.17, 15) is 13.2 Å². The third kappa shape index (κ3) is 2.33. The Balaban J connectivity index is 3.32. The van der Waals surface area contributed by atoms with Crippen molar-refractivity contribution in [2.75, 3.05) is 5.73 Å².